The molecule has 6 atom stereocenters. The molecular formula is C40H43N5O6. The molecule has 4 aliphatic rings. The lowest BCUT2D eigenvalue weighted by Crippen LogP contribution is -2.52. The third-order valence-electron chi connectivity index (χ3n) is 10.9. The predicted octanol–water partition coefficient (Wildman–Crippen LogP) is 5.00. The molecular weight excluding hydrogens is 646 g/mol. The molecule has 4 bridgehead atoms. The third-order valence-corrected chi connectivity index (χ3v) is 10.9. The van der Waals surface area contributed by atoms with E-state index >= 15 is 4.79 Å². The molecule has 51 heavy (non-hydrogen) atoms. The number of ether oxygens (including phenoxy) is 1. The number of benzene rings is 3. The van der Waals surface area contributed by atoms with Gasteiger partial charge in [-0.05, 0) is 53.5 Å². The van der Waals surface area contributed by atoms with Crippen LogP contribution in [0.2, 0.25) is 0 Å². The minimum atomic E-state index is -1.29. The molecule has 5 heterocycles. The van der Waals surface area contributed by atoms with Crippen molar-refractivity contribution in [1.82, 2.24) is 20.5 Å². The van der Waals surface area contributed by atoms with E-state index in [4.69, 9.17) is 14.1 Å². The maximum absolute atomic E-state index is 15.0. The summed E-state index contributed by atoms with van der Waals surface area (Å²) in [5, 5.41) is 20.0. The van der Waals surface area contributed by atoms with Gasteiger partial charge in [0.05, 0.1) is 6.04 Å². The van der Waals surface area contributed by atoms with Crippen LogP contribution in [0.5, 0.6) is 5.75 Å². The number of hydrogen-bond donors (Lipinski definition) is 4. The number of amides is 3. The molecule has 4 aromatic rings. The Balaban J connectivity index is 1.33. The Kier molecular flexibility index (Phi) is 8.13. The zero-order chi connectivity index (χ0) is 35.6. The SMILES string of the molecule is CC(C)[C@H](O)C(=O)N[C@H]1Cc2ccc3c(c2)C2(c4ccccc4NC2O3)c2oc(nc2C(=O)N2CCCC2c2ccccc2)[C@H](C(C)C)NC1=O. The molecule has 0 saturated carbocycles. The van der Waals surface area contributed by atoms with E-state index in [2.05, 4.69) is 28.1 Å². The molecule has 3 unspecified atom stereocenters. The second-order valence-electron chi connectivity index (χ2n) is 14.8. The van der Waals surface area contributed by atoms with Crippen molar-refractivity contribution in [2.75, 3.05) is 11.9 Å². The van der Waals surface area contributed by atoms with Crippen molar-refractivity contribution in [3.63, 3.8) is 0 Å². The number of aromatic nitrogens is 1. The fourth-order valence-corrected chi connectivity index (χ4v) is 8.18. The van der Waals surface area contributed by atoms with Crippen LogP contribution in [0.4, 0.5) is 5.69 Å². The highest BCUT2D eigenvalue weighted by molar-refractivity contribution is 5.95. The molecule has 4 aliphatic heterocycles. The average molecular weight is 690 g/mol. The standard InChI is InChI=1S/C40H43N5O6/c1-21(2)31-37-44-32(38(49)45-18-10-15-29(45)24-11-6-5-7-12-24)34(51-37)40-25-13-8-9-14-27(25)42-39(40)50-30-17-16-23(19-26(30)40)20-28(35(47)43-31)41-36(48)33(46)22(3)4/h5-9,11-14,16-17,19,21-22,28-29,31,33,39,42,46H,10,15,18,20H2,1-4H3,(H,41,48)(H,43,47)/t28-,29?,31-,33-,39?,40?/m0/s1. The van der Waals surface area contributed by atoms with Gasteiger partial charge in [-0.3, -0.25) is 14.4 Å². The van der Waals surface area contributed by atoms with Gasteiger partial charge in [0.25, 0.3) is 5.91 Å². The number of carbonyl (C=O) groups excluding carboxylic acids is 3. The van der Waals surface area contributed by atoms with Gasteiger partial charge >= 0.3 is 0 Å². The lowest BCUT2D eigenvalue weighted by Gasteiger charge is -2.30. The van der Waals surface area contributed by atoms with Gasteiger partial charge in [-0.15, -0.1) is 0 Å². The van der Waals surface area contributed by atoms with Crippen molar-refractivity contribution in [3.8, 4) is 5.75 Å². The second kappa shape index (κ2) is 12.6. The van der Waals surface area contributed by atoms with Gasteiger partial charge in [-0.1, -0.05) is 88.4 Å². The molecule has 3 aromatic carbocycles. The Morgan fingerprint density at radius 3 is 2.53 bits per heavy atom. The van der Waals surface area contributed by atoms with E-state index in [-0.39, 0.29) is 41.8 Å². The summed E-state index contributed by atoms with van der Waals surface area (Å²) in [6, 6.07) is 21.8. The third kappa shape index (κ3) is 5.28. The first-order chi connectivity index (χ1) is 24.6. The Bertz CT molecular complexity index is 2010. The van der Waals surface area contributed by atoms with Crippen LogP contribution in [0.3, 0.4) is 0 Å². The Morgan fingerprint density at radius 1 is 1.00 bits per heavy atom. The topological polar surface area (TPSA) is 146 Å². The summed E-state index contributed by atoms with van der Waals surface area (Å²) in [4.78, 5) is 49.2. The van der Waals surface area contributed by atoms with Gasteiger partial charge in [0.2, 0.25) is 17.7 Å². The fourth-order valence-electron chi connectivity index (χ4n) is 8.18. The molecule has 0 aliphatic carbocycles. The number of aliphatic hydroxyl groups excluding tert-OH is 1. The van der Waals surface area contributed by atoms with Gasteiger partial charge < -0.3 is 35.1 Å². The van der Waals surface area contributed by atoms with Crippen molar-refractivity contribution < 1.29 is 28.6 Å². The number of rotatable bonds is 6. The Labute approximate surface area is 296 Å². The van der Waals surface area contributed by atoms with E-state index in [1.165, 1.54) is 0 Å². The highest BCUT2D eigenvalue weighted by Gasteiger charge is 2.61. The number of nitrogens with zero attached hydrogens (tertiary/aromatic N) is 2. The van der Waals surface area contributed by atoms with E-state index in [0.29, 0.717) is 18.1 Å². The number of hydrogen-bond acceptors (Lipinski definition) is 8. The van der Waals surface area contributed by atoms with Crippen LogP contribution in [0.15, 0.2) is 77.2 Å². The molecule has 1 saturated heterocycles. The second-order valence-corrected chi connectivity index (χ2v) is 14.8. The monoisotopic (exact) mass is 689 g/mol. The summed E-state index contributed by atoms with van der Waals surface area (Å²) in [6.45, 7) is 7.94. The highest BCUT2D eigenvalue weighted by atomic mass is 16.5. The first kappa shape index (κ1) is 33.0. The molecule has 4 N–H and O–H groups in total. The maximum atomic E-state index is 15.0. The van der Waals surface area contributed by atoms with Gasteiger partial charge in [0.15, 0.2) is 17.7 Å². The molecule has 11 heteroatoms. The quantitative estimate of drug-likeness (QED) is 0.221. The lowest BCUT2D eigenvalue weighted by atomic mass is 9.72. The fraction of sp³-hybridized carbons (Fsp3) is 0.400. The molecule has 0 radical (unpaired) electrons. The van der Waals surface area contributed by atoms with Crippen molar-refractivity contribution in [2.24, 2.45) is 11.8 Å². The zero-order valence-corrected chi connectivity index (χ0v) is 29.2. The number of carbonyl (C=O) groups is 3. The Morgan fingerprint density at radius 2 is 1.76 bits per heavy atom. The molecule has 1 aromatic heterocycles. The number of anilines is 1. The Hall–Kier alpha value is -5.16. The molecule has 8 rings (SSSR count). The first-order valence-corrected chi connectivity index (χ1v) is 17.9. The van der Waals surface area contributed by atoms with Crippen molar-refractivity contribution in [2.45, 2.75) is 82.8 Å². The van der Waals surface area contributed by atoms with E-state index in [1.807, 2.05) is 79.4 Å². The number of aliphatic hydroxyl groups is 1. The summed E-state index contributed by atoms with van der Waals surface area (Å²) in [6.07, 6.45) is -0.107. The van der Waals surface area contributed by atoms with Crippen LogP contribution in [-0.4, -0.2) is 57.6 Å². The zero-order valence-electron chi connectivity index (χ0n) is 29.2. The summed E-state index contributed by atoms with van der Waals surface area (Å²) >= 11 is 0. The van der Waals surface area contributed by atoms with Crippen LogP contribution in [-0.2, 0) is 21.4 Å². The van der Waals surface area contributed by atoms with Crippen LogP contribution >= 0.6 is 0 Å². The molecule has 1 spiro atoms. The van der Waals surface area contributed by atoms with Crippen LogP contribution in [0, 0.1) is 11.8 Å². The number of fused-ring (bicyclic) bond motifs is 4. The van der Waals surface area contributed by atoms with Crippen LogP contribution < -0.4 is 20.7 Å². The highest BCUT2D eigenvalue weighted by Crippen LogP contribution is 2.58. The van der Waals surface area contributed by atoms with E-state index in [1.54, 1.807) is 13.8 Å². The van der Waals surface area contributed by atoms with Crippen LogP contribution in [0.1, 0.15) is 97.0 Å². The smallest absolute Gasteiger partial charge is 0.276 e. The van der Waals surface area contributed by atoms with Gasteiger partial charge in [-0.25, -0.2) is 4.98 Å². The predicted molar refractivity (Wildman–Crippen MR) is 189 cm³/mol. The van der Waals surface area contributed by atoms with E-state index < -0.39 is 41.6 Å². The lowest BCUT2D eigenvalue weighted by molar-refractivity contribution is -0.135. The van der Waals surface area contributed by atoms with Crippen molar-refractivity contribution in [3.05, 3.63) is 112 Å². The van der Waals surface area contributed by atoms with E-state index in [0.717, 1.165) is 40.8 Å². The van der Waals surface area contributed by atoms with Gasteiger partial charge in [0.1, 0.15) is 29.4 Å². The summed E-state index contributed by atoms with van der Waals surface area (Å²) in [7, 11) is 0. The number of oxazole rings is 1. The van der Waals surface area contributed by atoms with Crippen molar-refractivity contribution in [1.29, 1.82) is 0 Å². The summed E-state index contributed by atoms with van der Waals surface area (Å²) in [5.41, 5.74) is 3.42. The number of nitrogens with one attached hydrogen (secondary N) is 3. The minimum Gasteiger partial charge on any atom is -0.469 e. The average Bonchev–Trinajstić information content (AvgIpc) is 3.91. The van der Waals surface area contributed by atoms with E-state index in [9.17, 15) is 14.7 Å². The molecule has 1 fully saturated rings. The van der Waals surface area contributed by atoms with Crippen molar-refractivity contribution >= 4 is 23.4 Å². The molecule has 264 valence electrons. The van der Waals surface area contributed by atoms with Gasteiger partial charge in [-0.2, -0.15) is 0 Å². The normalized spacial score (nSPS) is 25.2. The minimum absolute atomic E-state index is 0.124. The summed E-state index contributed by atoms with van der Waals surface area (Å²) < 4.78 is 13.5. The van der Waals surface area contributed by atoms with Gasteiger partial charge in [0, 0.05) is 24.2 Å². The van der Waals surface area contributed by atoms with Crippen LogP contribution in [0.25, 0.3) is 0 Å². The number of likely N-dealkylation sites (tertiary alicyclic amines) is 1. The summed E-state index contributed by atoms with van der Waals surface area (Å²) in [5.74, 6) is -0.695. The molecule has 3 amide bonds. The number of para-hydroxylation sites is 1. The molecule has 11 nitrogen and oxygen atoms in total. The maximum Gasteiger partial charge on any atom is 0.276 e. The first-order valence-electron chi connectivity index (χ1n) is 17.9. The largest absolute Gasteiger partial charge is 0.469 e.